The Bertz CT molecular complexity index is 422. The van der Waals surface area contributed by atoms with E-state index in [0.29, 0.717) is 5.33 Å². The molecule has 72 valence electrons. The van der Waals surface area contributed by atoms with Crippen LogP contribution < -0.4 is 0 Å². The molecule has 2 aromatic heterocycles. The molecule has 0 atom stereocenters. The van der Waals surface area contributed by atoms with Crippen molar-refractivity contribution in [3.63, 3.8) is 0 Å². The van der Waals surface area contributed by atoms with Crippen LogP contribution in [0.4, 0.5) is 0 Å². The summed E-state index contributed by atoms with van der Waals surface area (Å²) in [6.45, 7) is 1.95. The minimum atomic E-state index is 0.680. The number of hydrogen-bond donors (Lipinski definition) is 0. The molecule has 0 spiro atoms. The number of aromatic nitrogens is 2. The highest BCUT2D eigenvalue weighted by molar-refractivity contribution is 9.08. The second kappa shape index (κ2) is 3.92. The molecule has 2 rings (SSSR count). The molecular formula is C10H9BrN2O. The van der Waals surface area contributed by atoms with Crippen molar-refractivity contribution in [1.29, 1.82) is 0 Å². The largest absolute Gasteiger partial charge is 0.360 e. The predicted octanol–water partition coefficient (Wildman–Crippen LogP) is 2.94. The molecule has 0 fully saturated rings. The molecule has 0 unspecified atom stereocenters. The van der Waals surface area contributed by atoms with Crippen molar-refractivity contribution in [1.82, 2.24) is 10.1 Å². The quantitative estimate of drug-likeness (QED) is 0.772. The van der Waals surface area contributed by atoms with Gasteiger partial charge in [0.15, 0.2) is 0 Å². The summed E-state index contributed by atoms with van der Waals surface area (Å²) in [6.07, 6.45) is 1.80. The SMILES string of the molecule is Cc1ccc(-c2cc(CBr)on2)cn1. The van der Waals surface area contributed by atoms with Gasteiger partial charge in [0.05, 0.1) is 5.33 Å². The first kappa shape index (κ1) is 9.40. The maximum atomic E-state index is 5.07. The van der Waals surface area contributed by atoms with Gasteiger partial charge in [0, 0.05) is 23.5 Å². The number of halogens is 1. The molecule has 0 aliphatic rings. The highest BCUT2D eigenvalue weighted by Gasteiger charge is 2.05. The number of hydrogen-bond acceptors (Lipinski definition) is 3. The molecule has 0 aliphatic carbocycles. The molecule has 0 amide bonds. The molecule has 0 saturated heterocycles. The minimum absolute atomic E-state index is 0.680. The van der Waals surface area contributed by atoms with Crippen LogP contribution in [0.15, 0.2) is 28.9 Å². The third-order valence-electron chi connectivity index (χ3n) is 1.90. The summed E-state index contributed by atoms with van der Waals surface area (Å²) < 4.78 is 5.07. The lowest BCUT2D eigenvalue weighted by Gasteiger charge is -1.94. The van der Waals surface area contributed by atoms with E-state index in [1.165, 1.54) is 0 Å². The van der Waals surface area contributed by atoms with Crippen LogP contribution in [0.1, 0.15) is 11.5 Å². The number of pyridine rings is 1. The van der Waals surface area contributed by atoms with Gasteiger partial charge in [0.2, 0.25) is 0 Å². The first-order valence-corrected chi connectivity index (χ1v) is 5.36. The molecule has 0 aromatic carbocycles. The molecule has 0 aliphatic heterocycles. The summed E-state index contributed by atoms with van der Waals surface area (Å²) in [4.78, 5) is 4.20. The average molecular weight is 253 g/mol. The minimum Gasteiger partial charge on any atom is -0.360 e. The molecular weight excluding hydrogens is 244 g/mol. The zero-order valence-electron chi connectivity index (χ0n) is 7.70. The monoisotopic (exact) mass is 252 g/mol. The molecule has 14 heavy (non-hydrogen) atoms. The lowest BCUT2D eigenvalue weighted by atomic mass is 10.2. The van der Waals surface area contributed by atoms with Crippen molar-refractivity contribution in [3.8, 4) is 11.3 Å². The number of aryl methyl sites for hydroxylation is 1. The Kier molecular flexibility index (Phi) is 2.63. The van der Waals surface area contributed by atoms with Crippen LogP contribution >= 0.6 is 15.9 Å². The summed E-state index contributed by atoms with van der Waals surface area (Å²) in [7, 11) is 0. The van der Waals surface area contributed by atoms with E-state index in [1.54, 1.807) is 6.20 Å². The first-order valence-electron chi connectivity index (χ1n) is 4.24. The molecule has 0 bridgehead atoms. The Morgan fingerprint density at radius 2 is 2.29 bits per heavy atom. The van der Waals surface area contributed by atoms with Gasteiger partial charge in [-0.25, -0.2) is 0 Å². The van der Waals surface area contributed by atoms with Gasteiger partial charge >= 0.3 is 0 Å². The topological polar surface area (TPSA) is 38.9 Å². The van der Waals surface area contributed by atoms with Crippen molar-refractivity contribution >= 4 is 15.9 Å². The van der Waals surface area contributed by atoms with Gasteiger partial charge in [-0.2, -0.15) is 0 Å². The van der Waals surface area contributed by atoms with Crippen LogP contribution in [0.2, 0.25) is 0 Å². The van der Waals surface area contributed by atoms with Gasteiger partial charge in [-0.15, -0.1) is 0 Å². The zero-order valence-corrected chi connectivity index (χ0v) is 9.28. The van der Waals surface area contributed by atoms with Gasteiger partial charge < -0.3 is 4.52 Å². The van der Waals surface area contributed by atoms with Crippen molar-refractivity contribution in [2.45, 2.75) is 12.3 Å². The maximum absolute atomic E-state index is 5.07. The second-order valence-electron chi connectivity index (χ2n) is 3.00. The first-order chi connectivity index (χ1) is 6.79. The van der Waals surface area contributed by atoms with E-state index < -0.39 is 0 Å². The Labute approximate surface area is 90.3 Å². The molecule has 2 aromatic rings. The summed E-state index contributed by atoms with van der Waals surface area (Å²) in [5, 5.41) is 4.62. The van der Waals surface area contributed by atoms with E-state index in [-0.39, 0.29) is 0 Å². The third-order valence-corrected chi connectivity index (χ3v) is 2.45. The summed E-state index contributed by atoms with van der Waals surface area (Å²) >= 11 is 3.31. The molecule has 0 saturated carbocycles. The Morgan fingerprint density at radius 3 is 2.86 bits per heavy atom. The van der Waals surface area contributed by atoms with Crippen molar-refractivity contribution < 1.29 is 4.52 Å². The van der Waals surface area contributed by atoms with Crippen LogP contribution in [0.25, 0.3) is 11.3 Å². The Morgan fingerprint density at radius 1 is 1.43 bits per heavy atom. The van der Waals surface area contributed by atoms with Crippen molar-refractivity contribution in [2.75, 3.05) is 0 Å². The van der Waals surface area contributed by atoms with E-state index in [1.807, 2.05) is 25.1 Å². The number of nitrogens with zero attached hydrogens (tertiary/aromatic N) is 2. The van der Waals surface area contributed by atoms with Gasteiger partial charge in [-0.3, -0.25) is 4.98 Å². The summed E-state index contributed by atoms with van der Waals surface area (Å²) in [5.74, 6) is 0.820. The molecule has 3 nitrogen and oxygen atoms in total. The fraction of sp³-hybridized carbons (Fsp3) is 0.200. The van der Waals surface area contributed by atoms with Crippen LogP contribution in [0.3, 0.4) is 0 Å². The molecule has 2 heterocycles. The van der Waals surface area contributed by atoms with E-state index in [0.717, 1.165) is 22.7 Å². The number of rotatable bonds is 2. The summed E-state index contributed by atoms with van der Waals surface area (Å²) in [5.41, 5.74) is 2.80. The third kappa shape index (κ3) is 1.85. The van der Waals surface area contributed by atoms with E-state index in [9.17, 15) is 0 Å². The smallest absolute Gasteiger partial charge is 0.147 e. The van der Waals surface area contributed by atoms with Gasteiger partial charge in [-0.05, 0) is 19.1 Å². The van der Waals surface area contributed by atoms with E-state index in [4.69, 9.17) is 4.52 Å². The second-order valence-corrected chi connectivity index (χ2v) is 3.56. The maximum Gasteiger partial charge on any atom is 0.147 e. The van der Waals surface area contributed by atoms with Crippen LogP contribution in [-0.4, -0.2) is 10.1 Å². The average Bonchev–Trinajstić information content (AvgIpc) is 2.67. The number of alkyl halides is 1. The zero-order chi connectivity index (χ0) is 9.97. The van der Waals surface area contributed by atoms with Crippen molar-refractivity contribution in [2.24, 2.45) is 0 Å². The highest BCUT2D eigenvalue weighted by Crippen LogP contribution is 2.19. The van der Waals surface area contributed by atoms with Crippen LogP contribution in [0, 0.1) is 6.92 Å². The standard InChI is InChI=1S/C10H9BrN2O/c1-7-2-3-8(6-12-7)10-4-9(5-11)14-13-10/h2-4,6H,5H2,1H3. The van der Waals surface area contributed by atoms with Crippen molar-refractivity contribution in [3.05, 3.63) is 35.9 Å². The molecule has 0 radical (unpaired) electrons. The molecule has 4 heteroatoms. The van der Waals surface area contributed by atoms with Crippen LogP contribution in [-0.2, 0) is 5.33 Å². The normalized spacial score (nSPS) is 10.4. The fourth-order valence-corrected chi connectivity index (χ4v) is 1.40. The Hall–Kier alpha value is -1.16. The lowest BCUT2D eigenvalue weighted by Crippen LogP contribution is -1.82. The molecule has 0 N–H and O–H groups in total. The highest BCUT2D eigenvalue weighted by atomic mass is 79.9. The summed E-state index contributed by atoms with van der Waals surface area (Å²) in [6, 6.07) is 5.84. The fourth-order valence-electron chi connectivity index (χ4n) is 1.13. The van der Waals surface area contributed by atoms with Crippen LogP contribution in [0.5, 0.6) is 0 Å². The van der Waals surface area contributed by atoms with E-state index in [2.05, 4.69) is 26.1 Å². The lowest BCUT2D eigenvalue weighted by molar-refractivity contribution is 0.398. The van der Waals surface area contributed by atoms with Gasteiger partial charge in [-0.1, -0.05) is 21.1 Å². The predicted molar refractivity (Wildman–Crippen MR) is 57.1 cm³/mol. The van der Waals surface area contributed by atoms with Gasteiger partial charge in [0.25, 0.3) is 0 Å². The Balaban J connectivity index is 2.34. The van der Waals surface area contributed by atoms with E-state index >= 15 is 0 Å². The van der Waals surface area contributed by atoms with Gasteiger partial charge in [0.1, 0.15) is 11.5 Å².